The number of fused-ring (bicyclic) bond motifs is 2. The maximum absolute atomic E-state index is 10.6. The highest BCUT2D eigenvalue weighted by atomic mass is 16.6. The van der Waals surface area contributed by atoms with E-state index in [1.54, 1.807) is 6.92 Å². The Balaban J connectivity index is 1.83. The quantitative estimate of drug-likeness (QED) is 0.528. The van der Waals surface area contributed by atoms with Gasteiger partial charge < -0.3 is 19.7 Å². The van der Waals surface area contributed by atoms with Crippen LogP contribution in [-0.2, 0) is 9.47 Å². The van der Waals surface area contributed by atoms with Gasteiger partial charge in [-0.15, -0.1) is 0 Å². The number of ether oxygens (including phenoxy) is 2. The van der Waals surface area contributed by atoms with Crippen LogP contribution in [0.5, 0.6) is 0 Å². The zero-order chi connectivity index (χ0) is 17.5. The van der Waals surface area contributed by atoms with Gasteiger partial charge in [0.15, 0.2) is 0 Å². The third-order valence-corrected chi connectivity index (χ3v) is 5.71. The fourth-order valence-corrected chi connectivity index (χ4v) is 3.79. The molecule has 4 nitrogen and oxygen atoms in total. The summed E-state index contributed by atoms with van der Waals surface area (Å²) in [7, 11) is 0. The Bertz CT molecular complexity index is 574. The SMILES string of the molecule is C=C1C/C=C2\[C@H](/C=C(\C)CC[C@@H]3O[C@@]3(C)CC[C@@H]1O)OC[C@@]2(C)O. The van der Waals surface area contributed by atoms with Crippen molar-refractivity contribution in [3.05, 3.63) is 35.5 Å². The molecule has 134 valence electrons. The molecule has 2 fully saturated rings. The van der Waals surface area contributed by atoms with Crippen molar-refractivity contribution >= 4 is 0 Å². The number of epoxide rings is 1. The number of allylic oxidation sites excluding steroid dienone is 2. The van der Waals surface area contributed by atoms with Crippen LogP contribution in [0.3, 0.4) is 0 Å². The van der Waals surface area contributed by atoms with E-state index in [-0.39, 0.29) is 17.8 Å². The standard InChI is InChI=1S/C20H30O4/c1-13-5-8-18-20(4,24-18)10-9-16(21)14(2)6-7-15-17(11-13)23-12-19(15,3)22/h7,11,16-18,21-22H,2,5-6,8-10,12H2,1,3-4H3/b13-11+,15-7+/t16-,17-,18-,19+,20-/m0/s1. The molecular formula is C20H30O4. The molecule has 2 aliphatic heterocycles. The van der Waals surface area contributed by atoms with Crippen LogP contribution in [0, 0.1) is 0 Å². The highest BCUT2D eigenvalue weighted by molar-refractivity contribution is 5.31. The van der Waals surface area contributed by atoms with Crippen LogP contribution in [0.2, 0.25) is 0 Å². The van der Waals surface area contributed by atoms with Gasteiger partial charge in [0.05, 0.1) is 30.5 Å². The Morgan fingerprint density at radius 2 is 2.04 bits per heavy atom. The molecule has 0 radical (unpaired) electrons. The largest absolute Gasteiger partial charge is 0.389 e. The molecule has 3 rings (SSSR count). The number of hydrogen-bond acceptors (Lipinski definition) is 4. The van der Waals surface area contributed by atoms with Gasteiger partial charge in [0, 0.05) is 0 Å². The first-order valence-electron chi connectivity index (χ1n) is 8.97. The number of aliphatic hydroxyl groups is 2. The van der Waals surface area contributed by atoms with Crippen molar-refractivity contribution < 1.29 is 19.7 Å². The molecule has 0 bridgehead atoms. The number of aliphatic hydroxyl groups excluding tert-OH is 1. The van der Waals surface area contributed by atoms with Crippen molar-refractivity contribution in [2.45, 2.75) is 82.4 Å². The molecule has 2 heterocycles. The molecule has 2 saturated heterocycles. The normalized spacial score (nSPS) is 48.4. The van der Waals surface area contributed by atoms with Crippen molar-refractivity contribution in [2.75, 3.05) is 6.61 Å². The van der Waals surface area contributed by atoms with Gasteiger partial charge in [-0.25, -0.2) is 0 Å². The summed E-state index contributed by atoms with van der Waals surface area (Å²) in [5.41, 5.74) is 1.86. The minimum Gasteiger partial charge on any atom is -0.389 e. The number of rotatable bonds is 0. The second-order valence-corrected chi connectivity index (χ2v) is 8.05. The molecule has 0 amide bonds. The topological polar surface area (TPSA) is 62.2 Å². The van der Waals surface area contributed by atoms with Crippen LogP contribution >= 0.6 is 0 Å². The predicted molar refractivity (Wildman–Crippen MR) is 93.7 cm³/mol. The minimum atomic E-state index is -0.956. The van der Waals surface area contributed by atoms with E-state index in [2.05, 4.69) is 26.5 Å². The van der Waals surface area contributed by atoms with Crippen LogP contribution in [0.1, 0.15) is 52.9 Å². The first-order chi connectivity index (χ1) is 11.2. The first kappa shape index (κ1) is 17.9. The van der Waals surface area contributed by atoms with Crippen molar-refractivity contribution in [3.8, 4) is 0 Å². The van der Waals surface area contributed by atoms with Gasteiger partial charge in [0.1, 0.15) is 5.60 Å². The Hall–Kier alpha value is -0.940. The van der Waals surface area contributed by atoms with Crippen LogP contribution in [0.4, 0.5) is 0 Å². The maximum atomic E-state index is 10.6. The Morgan fingerprint density at radius 3 is 2.79 bits per heavy atom. The summed E-state index contributed by atoms with van der Waals surface area (Å²) in [4.78, 5) is 0. The second kappa shape index (κ2) is 6.41. The lowest BCUT2D eigenvalue weighted by Gasteiger charge is -2.20. The lowest BCUT2D eigenvalue weighted by molar-refractivity contribution is 0.0486. The molecule has 0 aromatic rings. The molecule has 1 aliphatic carbocycles. The molecule has 0 saturated carbocycles. The zero-order valence-corrected chi connectivity index (χ0v) is 15.0. The van der Waals surface area contributed by atoms with E-state index in [0.717, 1.165) is 30.4 Å². The molecule has 5 atom stereocenters. The van der Waals surface area contributed by atoms with Crippen molar-refractivity contribution in [2.24, 2.45) is 0 Å². The van der Waals surface area contributed by atoms with E-state index < -0.39 is 11.7 Å². The molecule has 24 heavy (non-hydrogen) atoms. The van der Waals surface area contributed by atoms with E-state index in [1.165, 1.54) is 5.57 Å². The molecule has 0 spiro atoms. The molecular weight excluding hydrogens is 304 g/mol. The van der Waals surface area contributed by atoms with Crippen molar-refractivity contribution in [3.63, 3.8) is 0 Å². The Kier molecular flexibility index (Phi) is 4.77. The average molecular weight is 334 g/mol. The monoisotopic (exact) mass is 334 g/mol. The predicted octanol–water partition coefficient (Wildman–Crippen LogP) is 3.05. The van der Waals surface area contributed by atoms with Gasteiger partial charge in [-0.2, -0.15) is 0 Å². The molecule has 3 aliphatic rings. The fourth-order valence-electron chi connectivity index (χ4n) is 3.79. The lowest BCUT2D eigenvalue weighted by atomic mass is 9.89. The summed E-state index contributed by atoms with van der Waals surface area (Å²) in [5, 5.41) is 20.9. The summed E-state index contributed by atoms with van der Waals surface area (Å²) < 4.78 is 11.7. The first-order valence-corrected chi connectivity index (χ1v) is 8.97. The molecule has 4 heteroatoms. The van der Waals surface area contributed by atoms with Crippen molar-refractivity contribution in [1.82, 2.24) is 0 Å². The van der Waals surface area contributed by atoms with Gasteiger partial charge in [0.25, 0.3) is 0 Å². The smallest absolute Gasteiger partial charge is 0.109 e. The molecule has 0 aromatic heterocycles. The van der Waals surface area contributed by atoms with E-state index >= 15 is 0 Å². The van der Waals surface area contributed by atoms with E-state index in [0.29, 0.717) is 19.4 Å². The number of hydrogen-bond donors (Lipinski definition) is 2. The third-order valence-electron chi connectivity index (χ3n) is 5.71. The van der Waals surface area contributed by atoms with Crippen LogP contribution in [0.15, 0.2) is 35.5 Å². The molecule has 0 unspecified atom stereocenters. The van der Waals surface area contributed by atoms with E-state index in [9.17, 15) is 10.2 Å². The average Bonchev–Trinajstić information content (AvgIpc) is 3.08. The maximum Gasteiger partial charge on any atom is 0.109 e. The van der Waals surface area contributed by atoms with E-state index in [1.807, 2.05) is 6.08 Å². The van der Waals surface area contributed by atoms with Crippen LogP contribution in [0.25, 0.3) is 0 Å². The fraction of sp³-hybridized carbons (Fsp3) is 0.700. The highest BCUT2D eigenvalue weighted by Crippen LogP contribution is 2.44. The zero-order valence-electron chi connectivity index (χ0n) is 15.0. The van der Waals surface area contributed by atoms with Crippen LogP contribution in [-0.4, -0.2) is 46.3 Å². The lowest BCUT2D eigenvalue weighted by Crippen LogP contribution is -2.27. The van der Waals surface area contributed by atoms with Gasteiger partial charge in [0.2, 0.25) is 0 Å². The summed E-state index contributed by atoms with van der Waals surface area (Å²) >= 11 is 0. The van der Waals surface area contributed by atoms with Gasteiger partial charge >= 0.3 is 0 Å². The Labute approximate surface area is 144 Å². The minimum absolute atomic E-state index is 0.0970. The third kappa shape index (κ3) is 3.67. The summed E-state index contributed by atoms with van der Waals surface area (Å²) in [6.45, 7) is 10.4. The van der Waals surface area contributed by atoms with Gasteiger partial charge in [-0.3, -0.25) is 0 Å². The van der Waals surface area contributed by atoms with Crippen LogP contribution < -0.4 is 0 Å². The Morgan fingerprint density at radius 1 is 1.29 bits per heavy atom. The van der Waals surface area contributed by atoms with Crippen molar-refractivity contribution in [1.29, 1.82) is 0 Å². The molecule has 2 N–H and O–H groups in total. The highest BCUT2D eigenvalue weighted by Gasteiger charge is 2.51. The molecule has 0 aromatic carbocycles. The summed E-state index contributed by atoms with van der Waals surface area (Å²) in [6.07, 6.45) is 7.65. The van der Waals surface area contributed by atoms with E-state index in [4.69, 9.17) is 9.47 Å². The van der Waals surface area contributed by atoms with Gasteiger partial charge in [-0.1, -0.05) is 24.3 Å². The van der Waals surface area contributed by atoms with Gasteiger partial charge in [-0.05, 0) is 64.0 Å². The summed E-state index contributed by atoms with van der Waals surface area (Å²) in [5.74, 6) is 0. The second-order valence-electron chi connectivity index (χ2n) is 8.05. The summed E-state index contributed by atoms with van der Waals surface area (Å²) in [6, 6.07) is 0.